The molecule has 5 heavy (non-hydrogen) atoms. The Bertz CT molecular complexity index is 7.61. The fraction of sp³-hybridized carbons (Fsp3) is 0. The fourth-order valence-electron chi connectivity index (χ4n) is 0. The zero-order valence-electron chi connectivity index (χ0n) is 3.26. The van der Waals surface area contributed by atoms with E-state index in [0.29, 0.717) is 0 Å². The van der Waals surface area contributed by atoms with Gasteiger partial charge in [-0.1, -0.05) is 0 Å². The minimum absolute atomic E-state index is 0. The van der Waals surface area contributed by atoms with Gasteiger partial charge in [-0.25, -0.2) is 0 Å². The second-order valence-corrected chi connectivity index (χ2v) is 0.295. The Balaban J connectivity index is -0.0000000200. The Morgan fingerprint density at radius 3 is 1.00 bits per heavy atom. The summed E-state index contributed by atoms with van der Waals surface area (Å²) in [6.07, 6.45) is 0. The minimum atomic E-state index is -2.50. The quantitative estimate of drug-likeness (QED) is 0.334. The first-order valence-electron chi connectivity index (χ1n) is 0.378. The van der Waals surface area contributed by atoms with E-state index in [1.54, 1.807) is 0 Å². The molecule has 0 aliphatic rings. The van der Waals surface area contributed by atoms with E-state index in [1.165, 1.54) is 0 Å². The van der Waals surface area contributed by atoms with Crippen molar-refractivity contribution >= 4 is 0 Å². The molecule has 0 aromatic rings. The van der Waals surface area contributed by atoms with Crippen molar-refractivity contribution in [1.82, 2.24) is 0 Å². The first-order valence-corrected chi connectivity index (χ1v) is 1.56. The number of hydrogen-bond donors (Lipinski definition) is 0. The summed E-state index contributed by atoms with van der Waals surface area (Å²) in [6, 6.07) is 0. The van der Waals surface area contributed by atoms with E-state index in [1.807, 2.05) is 0 Å². The average molecular weight is 116 g/mol. The van der Waals surface area contributed by atoms with E-state index < -0.39 is 20.2 Å². The third kappa shape index (κ3) is 91.9. The summed E-state index contributed by atoms with van der Waals surface area (Å²) in [5.74, 6) is 0. The van der Waals surface area contributed by atoms with Gasteiger partial charge in [0.05, 0.1) is 0 Å². The summed E-state index contributed by atoms with van der Waals surface area (Å²) >= 11 is -2.50. The summed E-state index contributed by atoms with van der Waals surface area (Å²) in [4.78, 5) is 0. The van der Waals surface area contributed by atoms with Crippen LogP contribution in [0.4, 0.5) is 6.18 Å². The Morgan fingerprint density at radius 1 is 1.00 bits per heavy atom. The second-order valence-electron chi connectivity index (χ2n) is 0.0714. The van der Waals surface area contributed by atoms with E-state index >= 15 is 0 Å². The van der Waals surface area contributed by atoms with E-state index in [-0.39, 0.29) is 14.9 Å². The van der Waals surface area contributed by atoms with Crippen LogP contribution in [-0.2, 0) is 20.2 Å². The van der Waals surface area contributed by atoms with Gasteiger partial charge in [-0.2, -0.15) is 0 Å². The van der Waals surface area contributed by atoms with Crippen LogP contribution in [0.2, 0.25) is 0 Å². The molecule has 0 rings (SSSR count). The number of rotatable bonds is 0. The van der Waals surface area contributed by atoms with Gasteiger partial charge in [-0.3, -0.25) is 0 Å². The summed E-state index contributed by atoms with van der Waals surface area (Å²) < 4.78 is 19.5. The Hall–Kier alpha value is 0.574. The van der Waals surface area contributed by atoms with Crippen LogP contribution in [0.3, 0.4) is 0 Å². The molecule has 0 N–H and O–H groups in total. The van der Waals surface area contributed by atoms with Gasteiger partial charge in [0.15, 0.2) is 0 Å². The Kier molecular flexibility index (Phi) is 83.0. The molecule has 3 heteroatoms. The van der Waals surface area contributed by atoms with Crippen molar-refractivity contribution in [2.75, 3.05) is 0 Å². The van der Waals surface area contributed by atoms with Crippen molar-refractivity contribution in [2.24, 2.45) is 0 Å². The van der Waals surface area contributed by atoms with Gasteiger partial charge < -0.3 is 14.9 Å². The van der Waals surface area contributed by atoms with Crippen LogP contribution in [0, 0.1) is 14.9 Å². The molecule has 0 fully saturated rings. The van der Waals surface area contributed by atoms with Crippen molar-refractivity contribution in [1.29, 1.82) is 0 Å². The molecule has 0 spiro atoms. The SMILES string of the molecule is [CH3-].[CH3-].[F][Ti][F]. The molecule has 0 aromatic carbocycles. The maximum atomic E-state index is 9.75. The molecular weight excluding hydrogens is 110 g/mol. The van der Waals surface area contributed by atoms with Crippen LogP contribution < -0.4 is 0 Å². The van der Waals surface area contributed by atoms with Gasteiger partial charge in [-0.15, -0.1) is 0 Å². The van der Waals surface area contributed by atoms with Gasteiger partial charge in [0.25, 0.3) is 0 Å². The van der Waals surface area contributed by atoms with Crippen LogP contribution in [0.15, 0.2) is 0 Å². The predicted molar refractivity (Wildman–Crippen MR) is 15.0 cm³/mol. The molecule has 0 saturated heterocycles. The Morgan fingerprint density at radius 2 is 1.00 bits per heavy atom. The zero-order chi connectivity index (χ0) is 2.71. The second kappa shape index (κ2) is 23.6. The van der Waals surface area contributed by atoms with Crippen molar-refractivity contribution in [3.63, 3.8) is 0 Å². The van der Waals surface area contributed by atoms with E-state index in [0.717, 1.165) is 0 Å². The maximum absolute atomic E-state index is 9.75. The average Bonchev–Trinajstić information content (AvgIpc) is 0.918. The number of hydrogen-bond acceptors (Lipinski definition) is 0. The predicted octanol–water partition coefficient (Wildman–Crippen LogP) is 1.74. The molecule has 0 aliphatic carbocycles. The van der Waals surface area contributed by atoms with Crippen molar-refractivity contribution in [3.05, 3.63) is 14.9 Å². The molecule has 0 radical (unpaired) electrons. The van der Waals surface area contributed by atoms with Crippen LogP contribution in [0.1, 0.15) is 0 Å². The summed E-state index contributed by atoms with van der Waals surface area (Å²) in [5.41, 5.74) is 0. The third-order valence-electron chi connectivity index (χ3n) is 0. The zero-order valence-corrected chi connectivity index (χ0v) is 4.82. The molecule has 0 bridgehead atoms. The van der Waals surface area contributed by atoms with Gasteiger partial charge in [0.1, 0.15) is 0 Å². The van der Waals surface area contributed by atoms with Crippen molar-refractivity contribution < 1.29 is 26.4 Å². The molecule has 0 saturated carbocycles. The molecule has 0 atom stereocenters. The van der Waals surface area contributed by atoms with Crippen molar-refractivity contribution in [3.8, 4) is 0 Å². The summed E-state index contributed by atoms with van der Waals surface area (Å²) in [5, 5.41) is 0. The topological polar surface area (TPSA) is 0 Å². The van der Waals surface area contributed by atoms with Crippen LogP contribution in [0.5, 0.6) is 0 Å². The molecule has 0 amide bonds. The third-order valence-corrected chi connectivity index (χ3v) is 0. The normalized spacial score (nSPS) is 2.80. The molecule has 0 heterocycles. The molecular formula is C2H6F2Ti-2. The van der Waals surface area contributed by atoms with Gasteiger partial charge >= 0.3 is 26.4 Å². The molecule has 0 unspecified atom stereocenters. The van der Waals surface area contributed by atoms with Crippen LogP contribution >= 0.6 is 0 Å². The molecule has 34 valence electrons. The van der Waals surface area contributed by atoms with Gasteiger partial charge in [-0.05, 0) is 0 Å². The monoisotopic (exact) mass is 116 g/mol. The van der Waals surface area contributed by atoms with E-state index in [2.05, 4.69) is 0 Å². The standard InChI is InChI=1S/2CH3.2FH.Ti/h2*1H3;2*1H;/q2*-1;;;+2/p-2. The van der Waals surface area contributed by atoms with Gasteiger partial charge in [0, 0.05) is 0 Å². The summed E-state index contributed by atoms with van der Waals surface area (Å²) in [7, 11) is 0. The van der Waals surface area contributed by atoms with E-state index in [4.69, 9.17) is 0 Å². The molecule has 0 aliphatic heterocycles. The molecule has 0 nitrogen and oxygen atoms in total. The fourth-order valence-corrected chi connectivity index (χ4v) is 0. The summed E-state index contributed by atoms with van der Waals surface area (Å²) in [6.45, 7) is 0. The van der Waals surface area contributed by atoms with Crippen LogP contribution in [0.25, 0.3) is 0 Å². The Labute approximate surface area is 41.9 Å². The van der Waals surface area contributed by atoms with Crippen molar-refractivity contribution in [2.45, 2.75) is 0 Å². The van der Waals surface area contributed by atoms with E-state index in [9.17, 15) is 6.18 Å². The van der Waals surface area contributed by atoms with Gasteiger partial charge in [0.2, 0.25) is 0 Å². The molecule has 0 aromatic heterocycles. The first-order chi connectivity index (χ1) is 1.41. The first kappa shape index (κ1) is 17.6. The van der Waals surface area contributed by atoms with Crippen LogP contribution in [-0.4, -0.2) is 0 Å². The number of halogens is 2.